The van der Waals surface area contributed by atoms with Crippen LogP contribution in [0.25, 0.3) is 0 Å². The van der Waals surface area contributed by atoms with Gasteiger partial charge in [-0.15, -0.1) is 0 Å². The van der Waals surface area contributed by atoms with Crippen molar-refractivity contribution >= 4 is 5.95 Å². The van der Waals surface area contributed by atoms with Crippen LogP contribution in [0, 0.1) is 0 Å². The van der Waals surface area contributed by atoms with Crippen molar-refractivity contribution in [3.8, 4) is 0 Å². The molecule has 0 bridgehead atoms. The lowest BCUT2D eigenvalue weighted by Gasteiger charge is -2.17. The molecule has 98 valence electrons. The molecular weight excluding hydrogens is 226 g/mol. The van der Waals surface area contributed by atoms with Gasteiger partial charge in [-0.05, 0) is 13.3 Å². The number of hydrogen-bond acceptors (Lipinski definition) is 3. The molecule has 5 nitrogen and oxygen atoms in total. The molecule has 1 unspecified atom stereocenters. The summed E-state index contributed by atoms with van der Waals surface area (Å²) in [6.07, 6.45) is 11.9. The average molecular weight is 247 g/mol. The van der Waals surface area contributed by atoms with Crippen LogP contribution in [0.15, 0.2) is 31.1 Å². The first-order chi connectivity index (χ1) is 8.81. The number of nitrogens with one attached hydrogen (secondary N) is 1. The molecule has 0 aliphatic carbocycles. The quantitative estimate of drug-likeness (QED) is 0.765. The van der Waals surface area contributed by atoms with Crippen molar-refractivity contribution in [3.05, 3.63) is 31.1 Å². The summed E-state index contributed by atoms with van der Waals surface area (Å²) in [6.45, 7) is 6.26. The summed E-state index contributed by atoms with van der Waals surface area (Å²) in [5.41, 5.74) is 0. The number of hydrogen-bond donors (Lipinski definition) is 1. The average Bonchev–Trinajstić information content (AvgIpc) is 3.00. The zero-order chi connectivity index (χ0) is 12.8. The van der Waals surface area contributed by atoms with Gasteiger partial charge < -0.3 is 14.5 Å². The summed E-state index contributed by atoms with van der Waals surface area (Å²) < 4.78 is 4.26. The van der Waals surface area contributed by atoms with E-state index < -0.39 is 0 Å². The van der Waals surface area contributed by atoms with E-state index >= 15 is 0 Å². The Morgan fingerprint density at radius 3 is 2.94 bits per heavy atom. The van der Waals surface area contributed by atoms with E-state index in [0.717, 1.165) is 19.0 Å². The molecule has 2 heterocycles. The highest BCUT2D eigenvalue weighted by atomic mass is 15.2. The van der Waals surface area contributed by atoms with Gasteiger partial charge in [-0.25, -0.2) is 9.97 Å². The van der Waals surface area contributed by atoms with Crippen molar-refractivity contribution in [2.24, 2.45) is 0 Å². The second-order valence-corrected chi connectivity index (χ2v) is 4.55. The third-order valence-corrected chi connectivity index (χ3v) is 2.99. The van der Waals surface area contributed by atoms with E-state index in [1.165, 1.54) is 12.8 Å². The van der Waals surface area contributed by atoms with Gasteiger partial charge in [-0.3, -0.25) is 0 Å². The zero-order valence-corrected chi connectivity index (χ0v) is 11.1. The maximum Gasteiger partial charge on any atom is 0.203 e. The van der Waals surface area contributed by atoms with Crippen LogP contribution >= 0.6 is 0 Å². The second-order valence-electron chi connectivity index (χ2n) is 4.55. The SMILES string of the molecule is CCCCNc1nccn1C(C)Cn1ccnc1. The Bertz CT molecular complexity index is 446. The van der Waals surface area contributed by atoms with Gasteiger partial charge in [0, 0.05) is 37.9 Å². The lowest BCUT2D eigenvalue weighted by molar-refractivity contribution is 0.467. The largest absolute Gasteiger partial charge is 0.356 e. The molecule has 0 amide bonds. The highest BCUT2D eigenvalue weighted by molar-refractivity contribution is 5.26. The van der Waals surface area contributed by atoms with Crippen molar-refractivity contribution in [3.63, 3.8) is 0 Å². The van der Waals surface area contributed by atoms with Gasteiger partial charge in [-0.1, -0.05) is 13.3 Å². The molecule has 5 heteroatoms. The van der Waals surface area contributed by atoms with Crippen molar-refractivity contribution < 1.29 is 0 Å². The minimum absolute atomic E-state index is 0.353. The van der Waals surface area contributed by atoms with Crippen LogP contribution in [-0.4, -0.2) is 25.6 Å². The molecule has 1 atom stereocenters. The second kappa shape index (κ2) is 6.23. The maximum absolute atomic E-state index is 4.37. The molecule has 1 N–H and O–H groups in total. The molecular formula is C13H21N5. The molecule has 2 rings (SSSR count). The Morgan fingerprint density at radius 1 is 1.33 bits per heavy atom. The van der Waals surface area contributed by atoms with Gasteiger partial charge in [0.15, 0.2) is 0 Å². The standard InChI is InChI=1S/C13H21N5/c1-3-4-5-15-13-16-7-9-18(13)12(2)10-17-8-6-14-11-17/h6-9,11-12H,3-5,10H2,1-2H3,(H,15,16). The van der Waals surface area contributed by atoms with Gasteiger partial charge in [-0.2, -0.15) is 0 Å². The molecule has 0 aliphatic heterocycles. The van der Waals surface area contributed by atoms with Crippen LogP contribution in [0.2, 0.25) is 0 Å². The highest BCUT2D eigenvalue weighted by Gasteiger charge is 2.09. The molecule has 0 radical (unpaired) electrons. The Hall–Kier alpha value is -1.78. The van der Waals surface area contributed by atoms with Crippen molar-refractivity contribution in [1.82, 2.24) is 19.1 Å². The van der Waals surface area contributed by atoms with Crippen LogP contribution in [0.3, 0.4) is 0 Å². The molecule has 0 saturated heterocycles. The van der Waals surface area contributed by atoms with Crippen LogP contribution in [-0.2, 0) is 6.54 Å². The first-order valence-electron chi connectivity index (χ1n) is 6.53. The minimum Gasteiger partial charge on any atom is -0.356 e. The van der Waals surface area contributed by atoms with Gasteiger partial charge in [0.2, 0.25) is 5.95 Å². The Balaban J connectivity index is 1.97. The first-order valence-corrected chi connectivity index (χ1v) is 6.53. The van der Waals surface area contributed by atoms with E-state index in [0.29, 0.717) is 6.04 Å². The van der Waals surface area contributed by atoms with Crippen molar-refractivity contribution in [1.29, 1.82) is 0 Å². The fourth-order valence-corrected chi connectivity index (χ4v) is 1.97. The van der Waals surface area contributed by atoms with E-state index in [9.17, 15) is 0 Å². The Morgan fingerprint density at radius 2 is 2.22 bits per heavy atom. The zero-order valence-electron chi connectivity index (χ0n) is 11.1. The highest BCUT2D eigenvalue weighted by Crippen LogP contribution is 2.15. The number of anilines is 1. The maximum atomic E-state index is 4.37. The predicted molar refractivity (Wildman–Crippen MR) is 72.6 cm³/mol. The molecule has 0 fully saturated rings. The number of imidazole rings is 2. The fourth-order valence-electron chi connectivity index (χ4n) is 1.97. The van der Waals surface area contributed by atoms with E-state index in [-0.39, 0.29) is 0 Å². The Labute approximate surface area is 108 Å². The van der Waals surface area contributed by atoms with Crippen LogP contribution < -0.4 is 5.32 Å². The normalized spacial score (nSPS) is 12.6. The van der Waals surface area contributed by atoms with Gasteiger partial charge in [0.05, 0.1) is 12.4 Å². The third-order valence-electron chi connectivity index (χ3n) is 2.99. The van der Waals surface area contributed by atoms with Crippen LogP contribution in [0.5, 0.6) is 0 Å². The van der Waals surface area contributed by atoms with Crippen molar-refractivity contribution in [2.45, 2.75) is 39.3 Å². The van der Waals surface area contributed by atoms with Crippen LogP contribution in [0.4, 0.5) is 5.95 Å². The first kappa shape index (κ1) is 12.7. The van der Waals surface area contributed by atoms with Gasteiger partial charge >= 0.3 is 0 Å². The van der Waals surface area contributed by atoms with E-state index in [4.69, 9.17) is 0 Å². The fraction of sp³-hybridized carbons (Fsp3) is 0.538. The van der Waals surface area contributed by atoms with E-state index in [2.05, 4.69) is 38.3 Å². The molecule has 2 aromatic rings. The predicted octanol–water partition coefficient (Wildman–Crippen LogP) is 2.55. The number of nitrogens with zero attached hydrogens (tertiary/aromatic N) is 4. The lowest BCUT2D eigenvalue weighted by atomic mass is 10.3. The summed E-state index contributed by atoms with van der Waals surface area (Å²) in [5.74, 6) is 0.955. The summed E-state index contributed by atoms with van der Waals surface area (Å²) >= 11 is 0. The summed E-state index contributed by atoms with van der Waals surface area (Å²) in [5, 5.41) is 3.38. The summed E-state index contributed by atoms with van der Waals surface area (Å²) in [6, 6.07) is 0.353. The topological polar surface area (TPSA) is 47.7 Å². The van der Waals surface area contributed by atoms with Crippen molar-refractivity contribution in [2.75, 3.05) is 11.9 Å². The van der Waals surface area contributed by atoms with Gasteiger partial charge in [0.25, 0.3) is 0 Å². The van der Waals surface area contributed by atoms with E-state index in [1.807, 2.05) is 24.9 Å². The third kappa shape index (κ3) is 3.12. The summed E-state index contributed by atoms with van der Waals surface area (Å²) in [4.78, 5) is 8.43. The Kier molecular flexibility index (Phi) is 4.39. The number of aromatic nitrogens is 4. The number of unbranched alkanes of at least 4 members (excludes halogenated alkanes) is 1. The molecule has 0 aliphatic rings. The molecule has 2 aromatic heterocycles. The molecule has 0 aromatic carbocycles. The molecule has 0 saturated carbocycles. The number of rotatable bonds is 7. The molecule has 0 spiro atoms. The van der Waals surface area contributed by atoms with Gasteiger partial charge in [0.1, 0.15) is 0 Å². The minimum atomic E-state index is 0.353. The monoisotopic (exact) mass is 247 g/mol. The smallest absolute Gasteiger partial charge is 0.203 e. The summed E-state index contributed by atoms with van der Waals surface area (Å²) in [7, 11) is 0. The van der Waals surface area contributed by atoms with Crippen LogP contribution in [0.1, 0.15) is 32.7 Å². The van der Waals surface area contributed by atoms with E-state index in [1.54, 1.807) is 6.20 Å². The lowest BCUT2D eigenvalue weighted by Crippen LogP contribution is -2.15. The molecule has 18 heavy (non-hydrogen) atoms.